The van der Waals surface area contributed by atoms with E-state index in [4.69, 9.17) is 21.4 Å². The minimum Gasteiger partial charge on any atom is -0.489 e. The van der Waals surface area contributed by atoms with Gasteiger partial charge in [0.15, 0.2) is 0 Å². The van der Waals surface area contributed by atoms with Crippen LogP contribution in [-0.2, 0) is 4.79 Å². The van der Waals surface area contributed by atoms with Gasteiger partial charge in [-0.3, -0.25) is 9.69 Å². The zero-order valence-electron chi connectivity index (χ0n) is 18.8. The van der Waals surface area contributed by atoms with E-state index in [1.165, 1.54) is 0 Å². The predicted octanol–water partition coefficient (Wildman–Crippen LogP) is 4.93. The third-order valence-electron chi connectivity index (χ3n) is 6.45. The zero-order chi connectivity index (χ0) is 23.3. The molecule has 7 heteroatoms. The molecule has 2 atom stereocenters. The number of hydrogen-bond donors (Lipinski definition) is 2. The van der Waals surface area contributed by atoms with E-state index < -0.39 is 11.5 Å². The normalized spacial score (nSPS) is 17.7. The smallest absolute Gasteiger partial charge is 0.335 e. The Bertz CT molecular complexity index is 943. The van der Waals surface area contributed by atoms with Crippen LogP contribution in [-0.4, -0.2) is 46.6 Å². The average molecular weight is 459 g/mol. The van der Waals surface area contributed by atoms with E-state index in [9.17, 15) is 9.59 Å². The van der Waals surface area contributed by atoms with Crippen LogP contribution in [0.15, 0.2) is 48.5 Å². The highest BCUT2D eigenvalue weighted by atomic mass is 35.5. The molecule has 2 aromatic rings. The van der Waals surface area contributed by atoms with Crippen LogP contribution in [0.5, 0.6) is 5.75 Å². The maximum Gasteiger partial charge on any atom is 0.335 e. The van der Waals surface area contributed by atoms with Crippen LogP contribution in [0.4, 0.5) is 0 Å². The van der Waals surface area contributed by atoms with E-state index in [-0.39, 0.29) is 23.6 Å². The summed E-state index contributed by atoms with van der Waals surface area (Å²) in [6.45, 7) is 7.45. The van der Waals surface area contributed by atoms with Gasteiger partial charge in [-0.15, -0.1) is 0 Å². The van der Waals surface area contributed by atoms with Gasteiger partial charge in [-0.2, -0.15) is 0 Å². The lowest BCUT2D eigenvalue weighted by atomic mass is 9.89. The van der Waals surface area contributed by atoms with Gasteiger partial charge in [0.25, 0.3) is 0 Å². The van der Waals surface area contributed by atoms with E-state index >= 15 is 0 Å². The number of ether oxygens (including phenoxy) is 1. The van der Waals surface area contributed by atoms with Gasteiger partial charge in [0.05, 0.1) is 17.1 Å². The number of likely N-dealkylation sites (tertiary alicyclic amines) is 1. The largest absolute Gasteiger partial charge is 0.489 e. The van der Waals surface area contributed by atoms with E-state index in [2.05, 4.69) is 10.2 Å². The average Bonchev–Trinajstić information content (AvgIpc) is 3.23. The van der Waals surface area contributed by atoms with Crippen molar-refractivity contribution >= 4 is 23.5 Å². The Morgan fingerprint density at radius 1 is 1.22 bits per heavy atom. The summed E-state index contributed by atoms with van der Waals surface area (Å²) in [5.41, 5.74) is 0.474. The van der Waals surface area contributed by atoms with Crippen molar-refractivity contribution in [2.24, 2.45) is 0 Å². The van der Waals surface area contributed by atoms with Gasteiger partial charge in [-0.1, -0.05) is 43.6 Å². The Morgan fingerprint density at radius 2 is 1.91 bits per heavy atom. The molecule has 0 aliphatic carbocycles. The molecule has 2 aromatic carbocycles. The first-order valence-corrected chi connectivity index (χ1v) is 11.5. The molecule has 1 amide bonds. The standard InChI is InChI=1S/C25H31ClN2O4/c1-4-25(5-2,24(31)27-17(3)18-9-11-19(12-10-18)23(29)30)28-14-13-22(16-28)32-21-8-6-7-20(26)15-21/h6-12,15,17,22H,4-5,13-14,16H2,1-3H3,(H,27,31)(H,29,30)/t17-,22+/m0/s1. The molecule has 6 nitrogen and oxygen atoms in total. The molecule has 2 N–H and O–H groups in total. The van der Waals surface area contributed by atoms with E-state index in [1.54, 1.807) is 30.3 Å². The molecule has 0 aromatic heterocycles. The first-order chi connectivity index (χ1) is 15.3. The van der Waals surface area contributed by atoms with Crippen molar-refractivity contribution in [3.05, 3.63) is 64.7 Å². The first kappa shape index (κ1) is 24.1. The number of aromatic carboxylic acids is 1. The van der Waals surface area contributed by atoms with E-state index in [0.29, 0.717) is 24.4 Å². The van der Waals surface area contributed by atoms with Crippen LogP contribution in [0.25, 0.3) is 0 Å². The molecule has 1 aliphatic rings. The van der Waals surface area contributed by atoms with Crippen molar-refractivity contribution < 1.29 is 19.4 Å². The van der Waals surface area contributed by atoms with Gasteiger partial charge in [-0.05, 0) is 62.1 Å². The number of halogens is 1. The quantitative estimate of drug-likeness (QED) is 0.557. The summed E-state index contributed by atoms with van der Waals surface area (Å²) >= 11 is 6.07. The molecule has 1 saturated heterocycles. The Labute approximate surface area is 194 Å². The number of nitrogens with one attached hydrogen (secondary N) is 1. The van der Waals surface area contributed by atoms with E-state index in [0.717, 1.165) is 24.3 Å². The number of nitrogens with zero attached hydrogens (tertiary/aromatic N) is 1. The van der Waals surface area contributed by atoms with Gasteiger partial charge < -0.3 is 15.2 Å². The fraction of sp³-hybridized carbons (Fsp3) is 0.440. The Balaban J connectivity index is 1.68. The van der Waals surface area contributed by atoms with Crippen molar-refractivity contribution in [3.63, 3.8) is 0 Å². The van der Waals surface area contributed by atoms with E-state index in [1.807, 2.05) is 39.0 Å². The maximum atomic E-state index is 13.5. The highest BCUT2D eigenvalue weighted by Gasteiger charge is 2.44. The highest BCUT2D eigenvalue weighted by molar-refractivity contribution is 6.30. The lowest BCUT2D eigenvalue weighted by Crippen LogP contribution is -2.58. The van der Waals surface area contributed by atoms with Crippen molar-refractivity contribution in [3.8, 4) is 5.75 Å². The topological polar surface area (TPSA) is 78.9 Å². The number of benzene rings is 2. The number of hydrogen-bond acceptors (Lipinski definition) is 4. The fourth-order valence-electron chi connectivity index (χ4n) is 4.44. The molecule has 172 valence electrons. The van der Waals surface area contributed by atoms with Crippen LogP contribution in [0, 0.1) is 0 Å². The van der Waals surface area contributed by atoms with Crippen molar-refractivity contribution in [2.75, 3.05) is 13.1 Å². The first-order valence-electron chi connectivity index (χ1n) is 11.1. The van der Waals surface area contributed by atoms with Crippen LogP contribution in [0.1, 0.15) is 62.0 Å². The Kier molecular flexibility index (Phi) is 7.80. The molecular formula is C25H31ClN2O4. The fourth-order valence-corrected chi connectivity index (χ4v) is 4.62. The summed E-state index contributed by atoms with van der Waals surface area (Å²) in [6, 6.07) is 13.8. The molecule has 1 aliphatic heterocycles. The monoisotopic (exact) mass is 458 g/mol. The predicted molar refractivity (Wildman–Crippen MR) is 125 cm³/mol. The number of carbonyl (C=O) groups excluding carboxylic acids is 1. The number of carboxylic acid groups (broad SMARTS) is 1. The summed E-state index contributed by atoms with van der Waals surface area (Å²) in [5, 5.41) is 12.9. The van der Waals surface area contributed by atoms with Gasteiger partial charge in [0, 0.05) is 18.1 Å². The van der Waals surface area contributed by atoms with Crippen molar-refractivity contribution in [1.82, 2.24) is 10.2 Å². The number of carboxylic acids is 1. The molecule has 0 saturated carbocycles. The van der Waals surface area contributed by atoms with Crippen LogP contribution >= 0.6 is 11.6 Å². The lowest BCUT2D eigenvalue weighted by Gasteiger charge is -2.40. The molecule has 1 fully saturated rings. The summed E-state index contributed by atoms with van der Waals surface area (Å²) in [7, 11) is 0. The molecule has 32 heavy (non-hydrogen) atoms. The maximum absolute atomic E-state index is 13.5. The molecule has 1 heterocycles. The second-order valence-electron chi connectivity index (χ2n) is 8.29. The number of rotatable bonds is 9. The highest BCUT2D eigenvalue weighted by Crippen LogP contribution is 2.31. The summed E-state index contributed by atoms with van der Waals surface area (Å²) in [6.07, 6.45) is 2.21. The minimum atomic E-state index is -0.965. The Hall–Kier alpha value is -2.57. The van der Waals surface area contributed by atoms with Crippen molar-refractivity contribution in [2.45, 2.75) is 57.7 Å². The van der Waals surface area contributed by atoms with Crippen LogP contribution < -0.4 is 10.1 Å². The molecule has 0 bridgehead atoms. The SMILES string of the molecule is CCC(CC)(C(=O)N[C@@H](C)c1ccc(C(=O)O)cc1)N1CC[C@@H](Oc2cccc(Cl)c2)C1. The molecule has 0 spiro atoms. The summed E-state index contributed by atoms with van der Waals surface area (Å²) in [4.78, 5) is 26.8. The second kappa shape index (κ2) is 10.4. The summed E-state index contributed by atoms with van der Waals surface area (Å²) in [5.74, 6) is -0.237. The Morgan fingerprint density at radius 3 is 2.50 bits per heavy atom. The van der Waals surface area contributed by atoms with Crippen LogP contribution in [0.2, 0.25) is 5.02 Å². The van der Waals surface area contributed by atoms with Gasteiger partial charge in [-0.25, -0.2) is 4.79 Å². The minimum absolute atomic E-state index is 0.000252. The van der Waals surface area contributed by atoms with Gasteiger partial charge in [0.1, 0.15) is 11.9 Å². The second-order valence-corrected chi connectivity index (χ2v) is 8.73. The van der Waals surface area contributed by atoms with Gasteiger partial charge >= 0.3 is 5.97 Å². The third kappa shape index (κ3) is 5.25. The molecular weight excluding hydrogens is 428 g/mol. The van der Waals surface area contributed by atoms with Crippen LogP contribution in [0.3, 0.4) is 0 Å². The molecule has 0 radical (unpaired) electrons. The number of amides is 1. The zero-order valence-corrected chi connectivity index (χ0v) is 19.6. The molecule has 0 unspecified atom stereocenters. The van der Waals surface area contributed by atoms with Gasteiger partial charge in [0.2, 0.25) is 5.91 Å². The molecule has 3 rings (SSSR count). The summed E-state index contributed by atoms with van der Waals surface area (Å²) < 4.78 is 6.13. The van der Waals surface area contributed by atoms with Crippen molar-refractivity contribution in [1.29, 1.82) is 0 Å². The lowest BCUT2D eigenvalue weighted by molar-refractivity contribution is -0.134. The third-order valence-corrected chi connectivity index (χ3v) is 6.68. The number of carbonyl (C=O) groups is 2.